The van der Waals surface area contributed by atoms with Gasteiger partial charge in [0, 0.05) is 6.42 Å². The Labute approximate surface area is 159 Å². The summed E-state index contributed by atoms with van der Waals surface area (Å²) in [7, 11) is 0. The van der Waals surface area contributed by atoms with Gasteiger partial charge in [0.2, 0.25) is 0 Å². The number of carboxylic acids is 1. The predicted octanol–water partition coefficient (Wildman–Crippen LogP) is 5.96. The smallest absolute Gasteiger partial charge is 0.303 e. The minimum Gasteiger partial charge on any atom is -0.495 e. The van der Waals surface area contributed by atoms with Crippen molar-refractivity contribution in [1.82, 2.24) is 0 Å². The molecule has 0 amide bonds. The lowest BCUT2D eigenvalue weighted by molar-refractivity contribution is -0.137. The monoisotopic (exact) mass is 376 g/mol. The third-order valence-corrected chi connectivity index (χ3v) is 4.55. The fourth-order valence-corrected chi connectivity index (χ4v) is 2.90. The molecular formula is C22H26F2O3. The number of unbranched alkanes of at least 4 members (excludes halogenated alkanes) is 1. The molecule has 0 atom stereocenters. The predicted molar refractivity (Wildman–Crippen MR) is 102 cm³/mol. The molecule has 27 heavy (non-hydrogen) atoms. The molecule has 1 fully saturated rings. The summed E-state index contributed by atoms with van der Waals surface area (Å²) in [6, 6.07) is 4.77. The molecule has 1 saturated carbocycles. The number of aryl methyl sites for hydroxylation is 1. The maximum Gasteiger partial charge on any atom is 0.303 e. The van der Waals surface area contributed by atoms with E-state index in [-0.39, 0.29) is 18.3 Å². The first kappa shape index (κ1) is 20.9. The Morgan fingerprint density at radius 2 is 2.07 bits per heavy atom. The zero-order valence-electron chi connectivity index (χ0n) is 15.6. The Morgan fingerprint density at radius 3 is 2.63 bits per heavy atom. The van der Waals surface area contributed by atoms with Crippen molar-refractivity contribution in [1.29, 1.82) is 0 Å². The average molecular weight is 376 g/mol. The van der Waals surface area contributed by atoms with Crippen LogP contribution in [-0.2, 0) is 16.0 Å². The largest absolute Gasteiger partial charge is 0.495 e. The van der Waals surface area contributed by atoms with Gasteiger partial charge in [-0.2, -0.15) is 0 Å². The van der Waals surface area contributed by atoms with E-state index in [1.807, 2.05) is 0 Å². The van der Waals surface area contributed by atoms with Crippen molar-refractivity contribution >= 4 is 11.5 Å². The highest BCUT2D eigenvalue weighted by Crippen LogP contribution is 2.27. The highest BCUT2D eigenvalue weighted by atomic mass is 19.1. The van der Waals surface area contributed by atoms with Gasteiger partial charge in [-0.15, -0.1) is 0 Å². The number of rotatable bonds is 10. The zero-order chi connectivity index (χ0) is 19.8. The number of benzene rings is 1. The Balaban J connectivity index is 2.11. The maximum absolute atomic E-state index is 14.4. The van der Waals surface area contributed by atoms with Crippen LogP contribution in [0.25, 0.3) is 5.57 Å². The van der Waals surface area contributed by atoms with Crippen molar-refractivity contribution in [2.45, 2.75) is 58.0 Å². The lowest BCUT2D eigenvalue weighted by atomic mass is 9.96. The van der Waals surface area contributed by atoms with Crippen LogP contribution in [0.4, 0.5) is 8.78 Å². The molecule has 2 rings (SSSR count). The number of halogens is 2. The highest BCUT2D eigenvalue weighted by molar-refractivity contribution is 5.76. The standard InChI is InChI=1S/C22H26F2O3/c1-15(23)12-19(13-16(2)27-20-7-5-8-20)18-11-10-17(21(24)14-18)6-3-4-9-22(25)26/h10-14,20H,1,3-9H2,2H3,(H,25,26)/b16-13+,19-12+. The second-order valence-corrected chi connectivity index (χ2v) is 6.88. The summed E-state index contributed by atoms with van der Waals surface area (Å²) in [4.78, 5) is 10.5. The number of hydrogen-bond acceptors (Lipinski definition) is 2. The van der Waals surface area contributed by atoms with Gasteiger partial charge in [-0.3, -0.25) is 4.79 Å². The molecule has 1 N–H and O–H groups in total. The van der Waals surface area contributed by atoms with Gasteiger partial charge in [-0.1, -0.05) is 18.7 Å². The number of allylic oxidation sites excluding steroid dienone is 5. The van der Waals surface area contributed by atoms with Crippen molar-refractivity contribution in [3.63, 3.8) is 0 Å². The summed E-state index contributed by atoms with van der Waals surface area (Å²) in [5, 5.41) is 8.65. The number of ether oxygens (including phenoxy) is 1. The molecule has 0 heterocycles. The van der Waals surface area contributed by atoms with Gasteiger partial charge in [-0.05, 0) is 80.4 Å². The van der Waals surface area contributed by atoms with Gasteiger partial charge >= 0.3 is 5.97 Å². The second-order valence-electron chi connectivity index (χ2n) is 6.88. The summed E-state index contributed by atoms with van der Waals surface area (Å²) in [5.41, 5.74) is 1.56. The molecular weight excluding hydrogens is 350 g/mol. The third-order valence-electron chi connectivity index (χ3n) is 4.55. The first-order valence-corrected chi connectivity index (χ1v) is 9.27. The van der Waals surface area contributed by atoms with Crippen LogP contribution in [0.1, 0.15) is 56.6 Å². The molecule has 1 aliphatic rings. The quantitative estimate of drug-likeness (QED) is 0.311. The molecule has 0 radical (unpaired) electrons. The minimum absolute atomic E-state index is 0.0796. The molecule has 1 aromatic rings. The van der Waals surface area contributed by atoms with Gasteiger partial charge < -0.3 is 9.84 Å². The molecule has 0 aliphatic heterocycles. The Bertz CT molecular complexity index is 746. The molecule has 146 valence electrons. The lowest BCUT2D eigenvalue weighted by Crippen LogP contribution is -2.20. The van der Waals surface area contributed by atoms with Crippen LogP contribution in [0.2, 0.25) is 0 Å². The van der Waals surface area contributed by atoms with Crippen molar-refractivity contribution < 1.29 is 23.4 Å². The van der Waals surface area contributed by atoms with Crippen LogP contribution >= 0.6 is 0 Å². The Kier molecular flexibility index (Phi) is 7.77. The van der Waals surface area contributed by atoms with Crippen molar-refractivity contribution in [2.75, 3.05) is 0 Å². The summed E-state index contributed by atoms with van der Waals surface area (Å²) < 4.78 is 33.6. The lowest BCUT2D eigenvalue weighted by Gasteiger charge is -2.26. The van der Waals surface area contributed by atoms with E-state index < -0.39 is 11.8 Å². The van der Waals surface area contributed by atoms with Crippen LogP contribution < -0.4 is 0 Å². The molecule has 0 aromatic heterocycles. The van der Waals surface area contributed by atoms with Gasteiger partial charge in [0.1, 0.15) is 11.6 Å². The third kappa shape index (κ3) is 7.00. The van der Waals surface area contributed by atoms with E-state index >= 15 is 0 Å². The van der Waals surface area contributed by atoms with Crippen LogP contribution in [0.3, 0.4) is 0 Å². The molecule has 1 aliphatic carbocycles. The summed E-state index contributed by atoms with van der Waals surface area (Å²) in [5.74, 6) is -1.19. The topological polar surface area (TPSA) is 46.5 Å². The fraction of sp³-hybridized carbons (Fsp3) is 0.409. The fourth-order valence-electron chi connectivity index (χ4n) is 2.90. The van der Waals surface area contributed by atoms with E-state index in [0.717, 1.165) is 19.3 Å². The van der Waals surface area contributed by atoms with Crippen molar-refractivity contribution in [2.24, 2.45) is 0 Å². The molecule has 0 saturated heterocycles. The Hall–Kier alpha value is -2.43. The van der Waals surface area contributed by atoms with Gasteiger partial charge in [-0.25, -0.2) is 8.78 Å². The van der Waals surface area contributed by atoms with E-state index in [2.05, 4.69) is 6.58 Å². The van der Waals surface area contributed by atoms with E-state index in [1.165, 1.54) is 12.1 Å². The normalized spacial score (nSPS) is 15.4. The van der Waals surface area contributed by atoms with Crippen molar-refractivity contribution in [3.8, 4) is 0 Å². The maximum atomic E-state index is 14.4. The molecule has 5 heteroatoms. The highest BCUT2D eigenvalue weighted by Gasteiger charge is 2.19. The average Bonchev–Trinajstić information content (AvgIpc) is 2.55. The summed E-state index contributed by atoms with van der Waals surface area (Å²) in [6.45, 7) is 5.07. The Morgan fingerprint density at radius 1 is 1.33 bits per heavy atom. The van der Waals surface area contributed by atoms with Crippen LogP contribution in [-0.4, -0.2) is 17.2 Å². The first-order valence-electron chi connectivity index (χ1n) is 9.27. The summed E-state index contributed by atoms with van der Waals surface area (Å²) >= 11 is 0. The number of carboxylic acid groups (broad SMARTS) is 1. The van der Waals surface area contributed by atoms with Gasteiger partial charge in [0.15, 0.2) is 0 Å². The number of carbonyl (C=O) groups is 1. The van der Waals surface area contributed by atoms with E-state index in [4.69, 9.17) is 9.84 Å². The molecule has 3 nitrogen and oxygen atoms in total. The summed E-state index contributed by atoms with van der Waals surface area (Å²) in [6.07, 6.45) is 8.01. The zero-order valence-corrected chi connectivity index (χ0v) is 15.6. The minimum atomic E-state index is -0.849. The van der Waals surface area contributed by atoms with Gasteiger partial charge in [0.05, 0.1) is 11.9 Å². The van der Waals surface area contributed by atoms with Crippen LogP contribution in [0.5, 0.6) is 0 Å². The molecule has 0 spiro atoms. The molecule has 0 unspecified atom stereocenters. The SMILES string of the molecule is C=C(F)/C=C(\C=C(/C)OC1CCC1)c1ccc(CCCCC(=O)O)c(F)c1. The van der Waals surface area contributed by atoms with Gasteiger partial charge in [0.25, 0.3) is 0 Å². The van der Waals surface area contributed by atoms with E-state index in [9.17, 15) is 13.6 Å². The van der Waals surface area contributed by atoms with Crippen LogP contribution in [0, 0.1) is 5.82 Å². The van der Waals surface area contributed by atoms with Crippen molar-refractivity contribution in [3.05, 3.63) is 65.5 Å². The number of aliphatic carboxylic acids is 1. The van der Waals surface area contributed by atoms with Crippen LogP contribution in [0.15, 0.2) is 48.5 Å². The van der Waals surface area contributed by atoms with E-state index in [0.29, 0.717) is 41.7 Å². The first-order chi connectivity index (χ1) is 12.8. The second kappa shape index (κ2) is 10.0. The number of hydrogen-bond donors (Lipinski definition) is 1. The van der Waals surface area contributed by atoms with E-state index in [1.54, 1.807) is 25.1 Å². The molecule has 1 aromatic carbocycles. The molecule has 0 bridgehead atoms.